The van der Waals surface area contributed by atoms with E-state index in [1.165, 1.54) is 0 Å². The number of ether oxygens (including phenoxy) is 1. The summed E-state index contributed by atoms with van der Waals surface area (Å²) < 4.78 is 5.45. The maximum Gasteiger partial charge on any atom is 0.317 e. The Morgan fingerprint density at radius 3 is 2.31 bits per heavy atom. The molecule has 26 heavy (non-hydrogen) atoms. The Hall–Kier alpha value is -2.75. The number of hydrogen-bond donors (Lipinski definition) is 0. The summed E-state index contributed by atoms with van der Waals surface area (Å²) in [6.45, 7) is 0.124. The number of ketones is 2. The van der Waals surface area contributed by atoms with Crippen LogP contribution in [0, 0.1) is 11.8 Å². The number of carbonyl (C=O) groups excluding carboxylic acids is 3. The molecule has 4 heteroatoms. The molecular formula is C22H22O4. The molecule has 0 N–H and O–H groups in total. The molecule has 4 nitrogen and oxygen atoms in total. The van der Waals surface area contributed by atoms with Crippen molar-refractivity contribution in [1.29, 1.82) is 0 Å². The van der Waals surface area contributed by atoms with Gasteiger partial charge in [0.2, 0.25) is 0 Å². The summed E-state index contributed by atoms with van der Waals surface area (Å²) in [5.74, 6) is -1.90. The quantitative estimate of drug-likeness (QED) is 0.449. The van der Waals surface area contributed by atoms with E-state index in [0.29, 0.717) is 24.8 Å². The fraction of sp³-hybridized carbons (Fsp3) is 0.318. The summed E-state index contributed by atoms with van der Waals surface area (Å²) in [6.07, 6.45) is 2.20. The van der Waals surface area contributed by atoms with Crippen molar-refractivity contribution in [3.05, 3.63) is 71.8 Å². The van der Waals surface area contributed by atoms with E-state index >= 15 is 0 Å². The summed E-state index contributed by atoms with van der Waals surface area (Å²) in [5, 5.41) is 0. The van der Waals surface area contributed by atoms with Gasteiger partial charge < -0.3 is 4.74 Å². The molecule has 0 bridgehead atoms. The minimum atomic E-state index is -0.926. The van der Waals surface area contributed by atoms with Crippen LogP contribution >= 0.6 is 0 Å². The van der Waals surface area contributed by atoms with Crippen LogP contribution in [0.25, 0.3) is 0 Å². The number of rotatable bonds is 6. The van der Waals surface area contributed by atoms with Gasteiger partial charge in [-0.25, -0.2) is 0 Å². The van der Waals surface area contributed by atoms with Crippen LogP contribution in [0.15, 0.2) is 60.7 Å². The van der Waals surface area contributed by atoms with Gasteiger partial charge in [0.15, 0.2) is 5.78 Å². The van der Waals surface area contributed by atoms with Crippen molar-refractivity contribution in [1.82, 2.24) is 0 Å². The first kappa shape index (κ1) is 18.1. The first-order valence-corrected chi connectivity index (χ1v) is 8.96. The zero-order valence-electron chi connectivity index (χ0n) is 14.6. The summed E-state index contributed by atoms with van der Waals surface area (Å²) in [6, 6.07) is 18.1. The molecule has 0 aliphatic heterocycles. The van der Waals surface area contributed by atoms with Gasteiger partial charge in [0.05, 0.1) is 0 Å². The Balaban J connectivity index is 1.78. The fourth-order valence-electron chi connectivity index (χ4n) is 3.46. The number of carbonyl (C=O) groups is 3. The van der Waals surface area contributed by atoms with E-state index in [2.05, 4.69) is 0 Å². The summed E-state index contributed by atoms with van der Waals surface area (Å²) in [4.78, 5) is 37.6. The highest BCUT2D eigenvalue weighted by Gasteiger charge is 2.38. The highest BCUT2D eigenvalue weighted by Crippen LogP contribution is 2.31. The average Bonchev–Trinajstić information content (AvgIpc) is 2.68. The van der Waals surface area contributed by atoms with Crippen LogP contribution in [0.1, 0.15) is 41.6 Å². The van der Waals surface area contributed by atoms with Crippen LogP contribution in [0.3, 0.4) is 0 Å². The molecule has 2 atom stereocenters. The second kappa shape index (κ2) is 8.56. The zero-order chi connectivity index (χ0) is 18.4. The van der Waals surface area contributed by atoms with E-state index in [1.807, 2.05) is 36.4 Å². The van der Waals surface area contributed by atoms with Crippen molar-refractivity contribution in [3.63, 3.8) is 0 Å². The van der Waals surface area contributed by atoms with Gasteiger partial charge in [-0.3, -0.25) is 14.4 Å². The van der Waals surface area contributed by atoms with Crippen LogP contribution < -0.4 is 0 Å². The number of hydrogen-bond acceptors (Lipinski definition) is 4. The number of Topliss-reactive ketones (excluding diaryl/α,β-unsaturated/α-hetero) is 2. The Labute approximate surface area is 153 Å². The monoisotopic (exact) mass is 350 g/mol. The van der Waals surface area contributed by atoms with E-state index in [1.54, 1.807) is 24.3 Å². The molecule has 0 spiro atoms. The highest BCUT2D eigenvalue weighted by atomic mass is 16.5. The molecule has 134 valence electrons. The van der Waals surface area contributed by atoms with Crippen LogP contribution in [-0.4, -0.2) is 17.5 Å². The molecule has 1 saturated carbocycles. The van der Waals surface area contributed by atoms with Crippen molar-refractivity contribution < 1.29 is 19.1 Å². The normalized spacial score (nSPS) is 18.2. The van der Waals surface area contributed by atoms with Crippen LogP contribution in [0.4, 0.5) is 0 Å². The highest BCUT2D eigenvalue weighted by molar-refractivity contribution is 6.09. The van der Waals surface area contributed by atoms with Crippen LogP contribution in [0.5, 0.6) is 0 Å². The zero-order valence-corrected chi connectivity index (χ0v) is 14.6. The van der Waals surface area contributed by atoms with Crippen LogP contribution in [0.2, 0.25) is 0 Å². The predicted octanol–water partition coefficient (Wildman–Crippen LogP) is 3.99. The van der Waals surface area contributed by atoms with Crippen molar-refractivity contribution >= 4 is 17.5 Å². The van der Waals surface area contributed by atoms with Crippen molar-refractivity contribution in [2.45, 2.75) is 32.3 Å². The molecule has 0 amide bonds. The van der Waals surface area contributed by atoms with Gasteiger partial charge in [0.1, 0.15) is 18.3 Å². The minimum absolute atomic E-state index is 0.114. The molecule has 1 aliphatic carbocycles. The van der Waals surface area contributed by atoms with E-state index < -0.39 is 11.9 Å². The van der Waals surface area contributed by atoms with E-state index in [9.17, 15) is 14.4 Å². The molecule has 2 aromatic rings. The Bertz CT molecular complexity index is 767. The Morgan fingerprint density at radius 2 is 1.65 bits per heavy atom. The number of benzene rings is 2. The average molecular weight is 350 g/mol. The third-order valence-electron chi connectivity index (χ3n) is 4.81. The molecule has 0 heterocycles. The fourth-order valence-corrected chi connectivity index (χ4v) is 3.46. The lowest BCUT2D eigenvalue weighted by Gasteiger charge is -2.27. The second-order valence-corrected chi connectivity index (χ2v) is 6.70. The summed E-state index contributed by atoms with van der Waals surface area (Å²) >= 11 is 0. The van der Waals surface area contributed by atoms with Gasteiger partial charge in [-0.1, -0.05) is 60.7 Å². The van der Waals surface area contributed by atoms with Gasteiger partial charge in [0.25, 0.3) is 0 Å². The lowest BCUT2D eigenvalue weighted by molar-refractivity contribution is -0.150. The summed E-state index contributed by atoms with van der Waals surface area (Å²) in [7, 11) is 0. The molecule has 0 radical (unpaired) electrons. The van der Waals surface area contributed by atoms with Gasteiger partial charge in [0, 0.05) is 18.4 Å². The lowest BCUT2D eigenvalue weighted by atomic mass is 9.76. The standard InChI is InChI=1S/C22H22O4/c23-19-13-7-12-18(14-19)20(21(24)17-10-5-2-6-11-17)22(25)26-15-16-8-3-1-4-9-16/h1-6,8-11,18,20H,7,12-15H2. The third kappa shape index (κ3) is 4.45. The van der Waals surface area contributed by atoms with Crippen molar-refractivity contribution in [2.24, 2.45) is 11.8 Å². The molecular weight excluding hydrogens is 328 g/mol. The van der Waals surface area contributed by atoms with Gasteiger partial charge in [-0.2, -0.15) is 0 Å². The molecule has 1 fully saturated rings. The first-order valence-electron chi connectivity index (χ1n) is 8.96. The molecule has 0 saturated heterocycles. The third-order valence-corrected chi connectivity index (χ3v) is 4.81. The van der Waals surface area contributed by atoms with Gasteiger partial charge in [-0.15, -0.1) is 0 Å². The first-order chi connectivity index (χ1) is 12.6. The van der Waals surface area contributed by atoms with E-state index in [4.69, 9.17) is 4.74 Å². The van der Waals surface area contributed by atoms with E-state index in [0.717, 1.165) is 5.56 Å². The maximum absolute atomic E-state index is 13.0. The maximum atomic E-state index is 13.0. The Morgan fingerprint density at radius 1 is 1.00 bits per heavy atom. The molecule has 3 rings (SSSR count). The molecule has 1 aliphatic rings. The van der Waals surface area contributed by atoms with Crippen molar-refractivity contribution in [3.8, 4) is 0 Å². The van der Waals surface area contributed by atoms with E-state index in [-0.39, 0.29) is 30.5 Å². The predicted molar refractivity (Wildman–Crippen MR) is 97.5 cm³/mol. The van der Waals surface area contributed by atoms with Gasteiger partial charge >= 0.3 is 5.97 Å². The topological polar surface area (TPSA) is 60.4 Å². The second-order valence-electron chi connectivity index (χ2n) is 6.70. The molecule has 2 unspecified atom stereocenters. The Kier molecular flexibility index (Phi) is 5.95. The van der Waals surface area contributed by atoms with Crippen molar-refractivity contribution in [2.75, 3.05) is 0 Å². The molecule has 0 aromatic heterocycles. The van der Waals surface area contributed by atoms with Crippen LogP contribution in [-0.2, 0) is 20.9 Å². The lowest BCUT2D eigenvalue weighted by Crippen LogP contribution is -2.36. The molecule has 2 aromatic carbocycles. The largest absolute Gasteiger partial charge is 0.460 e. The summed E-state index contributed by atoms with van der Waals surface area (Å²) in [5.41, 5.74) is 1.35. The van der Waals surface area contributed by atoms with Gasteiger partial charge in [-0.05, 0) is 24.3 Å². The SMILES string of the molecule is O=C1CCCC(C(C(=O)OCc2ccccc2)C(=O)c2ccccc2)C1. The minimum Gasteiger partial charge on any atom is -0.460 e. The number of esters is 1. The smallest absolute Gasteiger partial charge is 0.317 e.